The summed E-state index contributed by atoms with van der Waals surface area (Å²) in [6.07, 6.45) is 1.87. The van der Waals surface area contributed by atoms with Crippen LogP contribution in [0.2, 0.25) is 0 Å². The van der Waals surface area contributed by atoms with Gasteiger partial charge in [0.05, 0.1) is 34.5 Å². The molecule has 0 saturated carbocycles. The Morgan fingerprint density at radius 2 is 1.32 bits per heavy atom. The molecule has 0 saturated heterocycles. The first kappa shape index (κ1) is 40.4. The van der Waals surface area contributed by atoms with Gasteiger partial charge in [0, 0.05) is 52.6 Å². The van der Waals surface area contributed by atoms with Crippen LogP contribution in [0.25, 0.3) is 43.6 Å². The van der Waals surface area contributed by atoms with E-state index in [0.29, 0.717) is 29.4 Å². The van der Waals surface area contributed by atoms with Gasteiger partial charge in [0.2, 0.25) is 0 Å². The minimum absolute atomic E-state index is 0.0325. The topological polar surface area (TPSA) is 37.9 Å². The Kier molecular flexibility index (Phi) is 10.1. The molecule has 0 aliphatic carbocycles. The van der Waals surface area contributed by atoms with E-state index in [-0.39, 0.29) is 22.8 Å². The van der Waals surface area contributed by atoms with E-state index in [2.05, 4.69) is 110 Å². The number of benzene rings is 6. The minimum atomic E-state index is -0.960. The number of pyridine rings is 1. The first-order valence-corrected chi connectivity index (χ1v) is 20.9. The summed E-state index contributed by atoms with van der Waals surface area (Å²) in [6.45, 7) is 23.3. The van der Waals surface area contributed by atoms with Crippen molar-refractivity contribution in [3.05, 3.63) is 173 Å². The average molecular weight is 826 g/mol. The molecule has 2 aromatic heterocycles. The third kappa shape index (κ3) is 7.09. The molecule has 3 heterocycles. The molecule has 0 unspecified atom stereocenters. The number of aromatic nitrogens is 2. The highest BCUT2D eigenvalue weighted by molar-refractivity contribution is 6.09. The third-order valence-corrected chi connectivity index (χ3v) is 11.8. The fraction of sp³-hybridized carbons (Fsp3) is 0.208. The fourth-order valence-electron chi connectivity index (χ4n) is 8.71. The maximum absolute atomic E-state index is 15.3. The number of hydrogen-bond acceptors (Lipinski definition) is 4. The Bertz CT molecular complexity index is 3050. The van der Waals surface area contributed by atoms with Gasteiger partial charge < -0.3 is 14.5 Å². The van der Waals surface area contributed by atoms with Crippen molar-refractivity contribution in [1.82, 2.24) is 9.55 Å². The van der Waals surface area contributed by atoms with Gasteiger partial charge in [-0.3, -0.25) is 4.57 Å². The quantitative estimate of drug-likeness (QED) is 0.143. The number of rotatable bonds is 8. The van der Waals surface area contributed by atoms with Crippen molar-refractivity contribution in [1.29, 1.82) is 0 Å². The van der Waals surface area contributed by atoms with Crippen LogP contribution < -0.4 is 14.5 Å². The van der Waals surface area contributed by atoms with E-state index in [0.717, 1.165) is 73.6 Å². The Hall–Kier alpha value is -7.05. The van der Waals surface area contributed by atoms with E-state index in [1.807, 2.05) is 66.9 Å². The molecule has 62 heavy (non-hydrogen) atoms. The van der Waals surface area contributed by atoms with Crippen molar-refractivity contribution in [3.8, 4) is 28.4 Å². The second-order valence-corrected chi connectivity index (χ2v) is 17.6. The number of ether oxygens (including phenoxy) is 1. The van der Waals surface area contributed by atoms with Gasteiger partial charge >= 0.3 is 0 Å². The summed E-state index contributed by atoms with van der Waals surface area (Å²) in [5.74, 6) is -0.968. The van der Waals surface area contributed by atoms with Gasteiger partial charge in [-0.1, -0.05) is 78.8 Å². The summed E-state index contributed by atoms with van der Waals surface area (Å²) in [7, 11) is 0. The van der Waals surface area contributed by atoms with Gasteiger partial charge in [0.25, 0.3) is 0 Å². The van der Waals surface area contributed by atoms with Crippen LogP contribution in [0.1, 0.15) is 77.0 Å². The van der Waals surface area contributed by atoms with Gasteiger partial charge in [-0.25, -0.2) is 23.0 Å². The Morgan fingerprint density at radius 1 is 0.677 bits per heavy atom. The van der Waals surface area contributed by atoms with Gasteiger partial charge in [0.15, 0.2) is 5.69 Å². The zero-order chi connectivity index (χ0) is 43.6. The fourth-order valence-corrected chi connectivity index (χ4v) is 8.71. The number of para-hydroxylation sites is 3. The second kappa shape index (κ2) is 15.4. The van der Waals surface area contributed by atoms with E-state index < -0.39 is 17.5 Å². The molecule has 0 bridgehead atoms. The van der Waals surface area contributed by atoms with Crippen molar-refractivity contribution in [2.75, 3.05) is 16.5 Å². The first-order chi connectivity index (χ1) is 29.7. The van der Waals surface area contributed by atoms with Gasteiger partial charge in [-0.05, 0) is 106 Å². The first-order valence-electron chi connectivity index (χ1n) is 20.9. The van der Waals surface area contributed by atoms with Crippen molar-refractivity contribution in [2.45, 2.75) is 65.7 Å². The molecule has 9 rings (SSSR count). The second-order valence-electron chi connectivity index (χ2n) is 17.6. The lowest BCUT2D eigenvalue weighted by Gasteiger charge is -2.30. The number of halogens is 3. The van der Waals surface area contributed by atoms with Gasteiger partial charge in [-0.15, -0.1) is 0 Å². The maximum atomic E-state index is 15.3. The van der Waals surface area contributed by atoms with Crippen molar-refractivity contribution in [2.24, 2.45) is 0 Å². The normalized spacial score (nSPS) is 12.8. The largest absolute Gasteiger partial charge is 0.459 e. The molecule has 0 radical (unpaired) electrons. The van der Waals surface area contributed by atoms with E-state index >= 15 is 8.78 Å². The van der Waals surface area contributed by atoms with E-state index in [1.165, 1.54) is 5.56 Å². The van der Waals surface area contributed by atoms with Crippen LogP contribution >= 0.6 is 0 Å². The number of fused-ring (bicyclic) bond motifs is 4. The number of anilines is 4. The van der Waals surface area contributed by atoms with Gasteiger partial charge in [0.1, 0.15) is 41.4 Å². The molecule has 9 heteroatoms. The molecule has 1 aliphatic heterocycles. The van der Waals surface area contributed by atoms with E-state index in [4.69, 9.17) is 16.3 Å². The highest BCUT2D eigenvalue weighted by Gasteiger charge is 2.33. The van der Waals surface area contributed by atoms with Crippen molar-refractivity contribution in [3.63, 3.8) is 0 Å². The Balaban J connectivity index is 1.12. The Labute approximate surface area is 360 Å². The molecule has 0 amide bonds. The van der Waals surface area contributed by atoms with Crippen LogP contribution in [0.15, 0.2) is 128 Å². The lowest BCUT2D eigenvalue weighted by molar-refractivity contribution is 0.483. The predicted molar refractivity (Wildman–Crippen MR) is 246 cm³/mol. The zero-order valence-electron chi connectivity index (χ0n) is 35.8. The Morgan fingerprint density at radius 3 is 1.98 bits per heavy atom. The minimum Gasteiger partial charge on any atom is -0.459 e. The SMILES string of the molecule is [C-]#[N+]c1cc(Oc2ccc3c4ccccc4n(-c4cc(C(C)(C)C)ccn4)c3c2)cc(N2CN(c3c(C(C)C)cc(-c4c(F)cc(F)cc4F)cc3C(C)C)c3ccccc32)c1. The van der Waals surface area contributed by atoms with Crippen molar-refractivity contribution < 1.29 is 17.9 Å². The summed E-state index contributed by atoms with van der Waals surface area (Å²) >= 11 is 0. The third-order valence-electron chi connectivity index (χ3n) is 11.8. The highest BCUT2D eigenvalue weighted by Crippen LogP contribution is 2.50. The zero-order valence-corrected chi connectivity index (χ0v) is 35.8. The lowest BCUT2D eigenvalue weighted by atomic mass is 9.87. The van der Waals surface area contributed by atoms with Crippen LogP contribution in [-0.2, 0) is 5.41 Å². The smallest absolute Gasteiger partial charge is 0.192 e. The molecule has 0 spiro atoms. The summed E-state index contributed by atoms with van der Waals surface area (Å²) in [4.78, 5) is 13.1. The number of hydrogen-bond donors (Lipinski definition) is 0. The lowest BCUT2D eigenvalue weighted by Crippen LogP contribution is -2.26. The molecule has 0 fully saturated rings. The monoisotopic (exact) mass is 825 g/mol. The van der Waals surface area contributed by atoms with E-state index in [9.17, 15) is 4.39 Å². The van der Waals surface area contributed by atoms with E-state index in [1.54, 1.807) is 6.07 Å². The summed E-state index contributed by atoms with van der Waals surface area (Å²) in [5, 5.41) is 2.18. The highest BCUT2D eigenvalue weighted by atomic mass is 19.1. The molecular formula is C53H46F3N5O. The molecule has 8 aromatic rings. The molecule has 1 aliphatic rings. The van der Waals surface area contributed by atoms with Crippen LogP contribution in [0.5, 0.6) is 11.5 Å². The van der Waals surface area contributed by atoms with Gasteiger partial charge in [-0.2, -0.15) is 0 Å². The summed E-state index contributed by atoms with van der Waals surface area (Å²) in [6, 6.07) is 37.4. The molecule has 0 N–H and O–H groups in total. The van der Waals surface area contributed by atoms with Crippen molar-refractivity contribution >= 4 is 50.2 Å². The summed E-state index contributed by atoms with van der Waals surface area (Å²) < 4.78 is 53.4. The molecule has 310 valence electrons. The molecule has 6 aromatic carbocycles. The number of nitrogens with zero attached hydrogens (tertiary/aromatic N) is 5. The predicted octanol–water partition coefficient (Wildman–Crippen LogP) is 15.4. The van der Waals surface area contributed by atoms with Crippen LogP contribution in [0.4, 0.5) is 41.6 Å². The molecule has 6 nitrogen and oxygen atoms in total. The molecular weight excluding hydrogens is 780 g/mol. The summed E-state index contributed by atoms with van der Waals surface area (Å²) in [5.41, 5.74) is 9.04. The standard InChI is InChI=1S/C53H46F3N5O/c1-31(2)42-21-33(51-44(55)24-35(54)25-45(51)56)22-43(32(3)4)52(42)60-30-59(47-15-11-12-16-48(47)60)37-26-36(57-8)27-39(28-37)62-38-17-18-41-40-13-9-10-14-46(40)61(49(41)29-38)50-23-34(19-20-58-50)53(5,6)7/h9-29,31-32H,30H2,1-7H3. The van der Waals surface area contributed by atoms with Crippen LogP contribution in [-0.4, -0.2) is 16.2 Å². The van der Waals surface area contributed by atoms with Crippen LogP contribution in [0.3, 0.4) is 0 Å². The maximum Gasteiger partial charge on any atom is 0.192 e. The molecule has 0 atom stereocenters. The average Bonchev–Trinajstić information content (AvgIpc) is 3.78. The van der Waals surface area contributed by atoms with Crippen LogP contribution in [0, 0.1) is 24.0 Å².